The minimum absolute atomic E-state index is 0.0271. The number of rotatable bonds is 11. The van der Waals surface area contributed by atoms with Gasteiger partial charge >= 0.3 is 0 Å². The van der Waals surface area contributed by atoms with Crippen molar-refractivity contribution in [3.63, 3.8) is 0 Å². The molecule has 3 rings (SSSR count). The molecule has 0 fully saturated rings. The highest BCUT2D eigenvalue weighted by molar-refractivity contribution is 7.92. The normalized spacial score (nSPS) is 12.9. The Morgan fingerprint density at radius 2 is 1.56 bits per heavy atom. The third-order valence-corrected chi connectivity index (χ3v) is 9.91. The molecule has 3 aromatic carbocycles. The molecule has 0 aromatic heterocycles. The maximum absolute atomic E-state index is 14.0. The second-order valence-electron chi connectivity index (χ2n) is 9.66. The molecule has 0 aliphatic rings. The van der Waals surface area contributed by atoms with Crippen molar-refractivity contribution in [3.05, 3.63) is 91.9 Å². The number of carbonyl (C=O) groups excluding carboxylic acids is 2. The molecule has 12 heteroatoms. The van der Waals surface area contributed by atoms with Crippen molar-refractivity contribution in [1.29, 1.82) is 0 Å². The number of nitrogens with zero attached hydrogens (tertiary/aromatic N) is 2. The average molecular weight is 659 g/mol. The fourth-order valence-corrected chi connectivity index (χ4v) is 6.11. The van der Waals surface area contributed by atoms with Crippen LogP contribution in [0.5, 0.6) is 0 Å². The summed E-state index contributed by atoms with van der Waals surface area (Å²) >= 11 is 25.0. The van der Waals surface area contributed by atoms with E-state index in [0.29, 0.717) is 17.0 Å². The molecule has 0 aliphatic heterocycles. The molecule has 0 radical (unpaired) electrons. The molecule has 1 N–H and O–H groups in total. The quantitative estimate of drug-likeness (QED) is 0.237. The zero-order valence-corrected chi connectivity index (χ0v) is 26.8. The number of benzene rings is 3. The first-order valence-electron chi connectivity index (χ1n) is 12.8. The number of aryl methyl sites for hydroxylation is 1. The molecule has 0 aliphatic carbocycles. The lowest BCUT2D eigenvalue weighted by Gasteiger charge is -2.32. The zero-order valence-electron chi connectivity index (χ0n) is 23.0. The Balaban J connectivity index is 2.08. The van der Waals surface area contributed by atoms with Gasteiger partial charge in [-0.1, -0.05) is 83.2 Å². The van der Waals surface area contributed by atoms with Gasteiger partial charge < -0.3 is 10.2 Å². The van der Waals surface area contributed by atoms with Gasteiger partial charge in [-0.15, -0.1) is 0 Å². The van der Waals surface area contributed by atoms with Crippen molar-refractivity contribution in [2.45, 2.75) is 57.6 Å². The van der Waals surface area contributed by atoms with Crippen LogP contribution >= 0.6 is 46.4 Å². The molecule has 0 saturated heterocycles. The predicted octanol–water partition coefficient (Wildman–Crippen LogP) is 7.14. The van der Waals surface area contributed by atoms with Crippen LogP contribution in [0.4, 0.5) is 5.69 Å². The van der Waals surface area contributed by atoms with E-state index in [2.05, 4.69) is 5.32 Å². The van der Waals surface area contributed by atoms with Crippen molar-refractivity contribution < 1.29 is 18.0 Å². The summed E-state index contributed by atoms with van der Waals surface area (Å²) in [7, 11) is -4.29. The van der Waals surface area contributed by atoms with Crippen molar-refractivity contribution >= 4 is 73.9 Å². The first-order valence-corrected chi connectivity index (χ1v) is 15.8. The van der Waals surface area contributed by atoms with Crippen LogP contribution in [0.25, 0.3) is 0 Å². The summed E-state index contributed by atoms with van der Waals surface area (Å²) in [5.74, 6) is -1.03. The fraction of sp³-hybridized carbons (Fsp3) is 0.310. The minimum Gasteiger partial charge on any atom is -0.352 e. The maximum Gasteiger partial charge on any atom is 0.264 e. The molecular weight excluding hydrogens is 628 g/mol. The molecule has 220 valence electrons. The Kier molecular flexibility index (Phi) is 11.4. The highest BCUT2D eigenvalue weighted by atomic mass is 35.5. The number of anilines is 1. The number of halogens is 4. The second-order valence-corrected chi connectivity index (χ2v) is 13.1. The number of hydrogen-bond donors (Lipinski definition) is 1. The third-order valence-electron chi connectivity index (χ3n) is 6.59. The van der Waals surface area contributed by atoms with Crippen molar-refractivity contribution in [2.75, 3.05) is 10.8 Å². The van der Waals surface area contributed by atoms with Gasteiger partial charge in [0.05, 0.1) is 30.7 Å². The fourth-order valence-electron chi connectivity index (χ4n) is 3.92. The first-order chi connectivity index (χ1) is 19.3. The van der Waals surface area contributed by atoms with Gasteiger partial charge in [-0.05, 0) is 69.2 Å². The van der Waals surface area contributed by atoms with Gasteiger partial charge in [-0.2, -0.15) is 0 Å². The van der Waals surface area contributed by atoms with E-state index in [0.717, 1.165) is 9.87 Å². The van der Waals surface area contributed by atoms with E-state index in [1.54, 1.807) is 43.3 Å². The van der Waals surface area contributed by atoms with Crippen LogP contribution in [0.3, 0.4) is 0 Å². The van der Waals surface area contributed by atoms with E-state index in [1.807, 2.05) is 20.8 Å². The molecular formula is C29H31Cl4N3O4S. The number of carbonyl (C=O) groups is 2. The van der Waals surface area contributed by atoms with E-state index in [1.165, 1.54) is 29.2 Å². The van der Waals surface area contributed by atoms with Crippen LogP contribution in [0.15, 0.2) is 65.6 Å². The molecule has 0 spiro atoms. The molecule has 3 aromatic rings. The van der Waals surface area contributed by atoms with Crippen molar-refractivity contribution in [2.24, 2.45) is 0 Å². The van der Waals surface area contributed by atoms with Gasteiger partial charge in [0.15, 0.2) is 0 Å². The largest absolute Gasteiger partial charge is 0.352 e. The lowest BCUT2D eigenvalue weighted by Crippen LogP contribution is -2.52. The van der Waals surface area contributed by atoms with Gasteiger partial charge in [0, 0.05) is 12.6 Å². The summed E-state index contributed by atoms with van der Waals surface area (Å²) < 4.78 is 28.8. The van der Waals surface area contributed by atoms with Crippen LogP contribution in [-0.4, -0.2) is 43.8 Å². The molecule has 7 nitrogen and oxygen atoms in total. The van der Waals surface area contributed by atoms with E-state index in [4.69, 9.17) is 46.4 Å². The van der Waals surface area contributed by atoms with Crippen LogP contribution in [0, 0.1) is 6.92 Å². The Morgan fingerprint density at radius 1 is 0.902 bits per heavy atom. The molecule has 0 saturated carbocycles. The summed E-state index contributed by atoms with van der Waals surface area (Å²) in [6.45, 7) is 6.51. The van der Waals surface area contributed by atoms with E-state index >= 15 is 0 Å². The van der Waals surface area contributed by atoms with E-state index < -0.39 is 28.5 Å². The molecule has 41 heavy (non-hydrogen) atoms. The van der Waals surface area contributed by atoms with Gasteiger partial charge in [0.1, 0.15) is 12.6 Å². The van der Waals surface area contributed by atoms with E-state index in [9.17, 15) is 18.0 Å². The Hall–Kier alpha value is -2.49. The first kappa shape index (κ1) is 33.0. The molecule has 0 unspecified atom stereocenters. The van der Waals surface area contributed by atoms with Gasteiger partial charge in [0.2, 0.25) is 11.8 Å². The van der Waals surface area contributed by atoms with Gasteiger partial charge in [-0.3, -0.25) is 13.9 Å². The highest BCUT2D eigenvalue weighted by Gasteiger charge is 2.34. The van der Waals surface area contributed by atoms with Crippen LogP contribution in [-0.2, 0) is 26.2 Å². The lowest BCUT2D eigenvalue weighted by atomic mass is 10.1. The summed E-state index contributed by atoms with van der Waals surface area (Å²) in [5, 5.41) is 3.59. The smallest absolute Gasteiger partial charge is 0.264 e. The van der Waals surface area contributed by atoms with E-state index in [-0.39, 0.29) is 44.1 Å². The Morgan fingerprint density at radius 3 is 2.17 bits per heavy atom. The Bertz CT molecular complexity index is 1520. The van der Waals surface area contributed by atoms with Crippen LogP contribution in [0.2, 0.25) is 20.1 Å². The molecule has 2 atom stereocenters. The summed E-state index contributed by atoms with van der Waals surface area (Å²) in [6.07, 6.45) is 0.690. The zero-order chi connectivity index (χ0) is 30.5. The summed E-state index contributed by atoms with van der Waals surface area (Å²) in [4.78, 5) is 28.4. The monoisotopic (exact) mass is 657 g/mol. The molecule has 0 bridgehead atoms. The van der Waals surface area contributed by atoms with Crippen LogP contribution < -0.4 is 9.62 Å². The lowest BCUT2D eigenvalue weighted by molar-refractivity contribution is -0.139. The second kappa shape index (κ2) is 14.1. The van der Waals surface area contributed by atoms with Gasteiger partial charge in [0.25, 0.3) is 10.0 Å². The average Bonchev–Trinajstić information content (AvgIpc) is 2.93. The Labute approximate surface area is 261 Å². The van der Waals surface area contributed by atoms with Gasteiger partial charge in [-0.25, -0.2) is 8.42 Å². The summed E-state index contributed by atoms with van der Waals surface area (Å²) in [5.41, 5.74) is 1.49. The highest BCUT2D eigenvalue weighted by Crippen LogP contribution is 2.35. The minimum atomic E-state index is -4.29. The number of amides is 2. The molecule has 2 amide bonds. The van der Waals surface area contributed by atoms with Crippen molar-refractivity contribution in [3.8, 4) is 0 Å². The standard InChI is InChI=1S/C29H31Cl4N3O4S/c1-5-19(3)34-29(38)20(4)35(16-21-11-14-23(30)25(32)15-21)27(37)17-36(26-8-6-7-24(31)28(26)33)41(39,40)22-12-9-18(2)10-13-22/h6-15,19-20H,5,16-17H2,1-4H3,(H,34,38)/t19-,20+/m1/s1. The number of sulfonamides is 1. The topological polar surface area (TPSA) is 86.8 Å². The summed E-state index contributed by atoms with van der Waals surface area (Å²) in [6, 6.07) is 14.5. The molecule has 0 heterocycles. The SMILES string of the molecule is CC[C@@H](C)NC(=O)[C@H](C)N(Cc1ccc(Cl)c(Cl)c1)C(=O)CN(c1cccc(Cl)c1Cl)S(=O)(=O)c1ccc(C)cc1. The maximum atomic E-state index is 14.0. The third kappa shape index (κ3) is 8.08. The number of nitrogens with one attached hydrogen (secondary N) is 1. The van der Waals surface area contributed by atoms with Crippen molar-refractivity contribution in [1.82, 2.24) is 10.2 Å². The van der Waals surface area contributed by atoms with Crippen LogP contribution in [0.1, 0.15) is 38.3 Å². The predicted molar refractivity (Wildman–Crippen MR) is 167 cm³/mol. The number of hydrogen-bond acceptors (Lipinski definition) is 4.